The largest absolute Gasteiger partial charge is 0.481 e. The van der Waals surface area contributed by atoms with E-state index in [4.69, 9.17) is 14.2 Å². The Bertz CT molecular complexity index is 426. The maximum Gasteiger partial charge on any atom is 0.313 e. The van der Waals surface area contributed by atoms with Gasteiger partial charge in [0.1, 0.15) is 0 Å². The van der Waals surface area contributed by atoms with Crippen LogP contribution in [0.5, 0.6) is 11.8 Å². The molecule has 0 aliphatic carbocycles. The van der Waals surface area contributed by atoms with E-state index in [1.807, 2.05) is 0 Å². The minimum atomic E-state index is -0.686. The van der Waals surface area contributed by atoms with Crippen LogP contribution in [-0.4, -0.2) is 43.8 Å². The van der Waals surface area contributed by atoms with Crippen LogP contribution in [0.2, 0.25) is 0 Å². The predicted octanol–water partition coefficient (Wildman–Crippen LogP) is 1.10. The van der Waals surface area contributed by atoms with Crippen molar-refractivity contribution >= 4 is 11.9 Å². The van der Waals surface area contributed by atoms with Gasteiger partial charge >= 0.3 is 5.97 Å². The minimum Gasteiger partial charge on any atom is -0.481 e. The molecule has 106 valence electrons. The lowest BCUT2D eigenvalue weighted by atomic mass is 9.94. The van der Waals surface area contributed by atoms with Crippen LogP contribution in [0.4, 0.5) is 5.95 Å². The SMILES string of the molecule is COC(=O)C(C)(C)CNc1nc(OC)cc(OC)n1. The molecular weight excluding hydrogens is 250 g/mol. The van der Waals surface area contributed by atoms with Crippen molar-refractivity contribution in [3.8, 4) is 11.8 Å². The average Bonchev–Trinajstić information content (AvgIpc) is 2.43. The quantitative estimate of drug-likeness (QED) is 0.774. The van der Waals surface area contributed by atoms with Crippen molar-refractivity contribution in [1.29, 1.82) is 0 Å². The van der Waals surface area contributed by atoms with Gasteiger partial charge < -0.3 is 19.5 Å². The van der Waals surface area contributed by atoms with E-state index >= 15 is 0 Å². The van der Waals surface area contributed by atoms with Gasteiger partial charge in [-0.3, -0.25) is 4.79 Å². The fourth-order valence-electron chi connectivity index (χ4n) is 1.34. The second kappa shape index (κ2) is 6.21. The number of esters is 1. The molecule has 0 aliphatic rings. The Balaban J connectivity index is 2.80. The molecule has 7 heteroatoms. The normalized spacial score (nSPS) is 10.8. The molecule has 0 saturated carbocycles. The van der Waals surface area contributed by atoms with Crippen LogP contribution in [-0.2, 0) is 9.53 Å². The minimum absolute atomic E-state index is 0.310. The molecule has 0 amide bonds. The van der Waals surface area contributed by atoms with E-state index in [0.717, 1.165) is 0 Å². The Morgan fingerprint density at radius 2 is 1.74 bits per heavy atom. The van der Waals surface area contributed by atoms with Gasteiger partial charge in [-0.15, -0.1) is 0 Å². The van der Waals surface area contributed by atoms with Crippen molar-refractivity contribution < 1.29 is 19.0 Å². The van der Waals surface area contributed by atoms with E-state index in [1.54, 1.807) is 19.9 Å². The van der Waals surface area contributed by atoms with Gasteiger partial charge in [0, 0.05) is 6.54 Å². The molecule has 0 unspecified atom stereocenters. The van der Waals surface area contributed by atoms with Gasteiger partial charge in [-0.1, -0.05) is 0 Å². The monoisotopic (exact) mass is 269 g/mol. The summed E-state index contributed by atoms with van der Waals surface area (Å²) in [6.45, 7) is 3.86. The average molecular weight is 269 g/mol. The summed E-state index contributed by atoms with van der Waals surface area (Å²) in [5.74, 6) is 0.776. The van der Waals surface area contributed by atoms with Crippen molar-refractivity contribution in [2.24, 2.45) is 5.41 Å². The van der Waals surface area contributed by atoms with Crippen molar-refractivity contribution in [2.45, 2.75) is 13.8 Å². The zero-order valence-electron chi connectivity index (χ0n) is 11.8. The number of hydrogen-bond acceptors (Lipinski definition) is 7. The van der Waals surface area contributed by atoms with E-state index < -0.39 is 5.41 Å². The molecule has 1 heterocycles. The Hall–Kier alpha value is -2.05. The highest BCUT2D eigenvalue weighted by Crippen LogP contribution is 2.20. The van der Waals surface area contributed by atoms with E-state index in [9.17, 15) is 4.79 Å². The first kappa shape index (κ1) is 15.0. The van der Waals surface area contributed by atoms with Crippen LogP contribution in [0, 0.1) is 5.41 Å². The van der Waals surface area contributed by atoms with Crippen molar-refractivity contribution in [3.05, 3.63) is 6.07 Å². The topological polar surface area (TPSA) is 82.6 Å². The summed E-state index contributed by atoms with van der Waals surface area (Å²) in [4.78, 5) is 19.8. The Labute approximate surface area is 112 Å². The number of ether oxygens (including phenoxy) is 3. The van der Waals surface area contributed by atoms with Crippen LogP contribution in [0.3, 0.4) is 0 Å². The molecule has 1 aromatic heterocycles. The number of hydrogen-bond donors (Lipinski definition) is 1. The number of methoxy groups -OCH3 is 3. The molecule has 1 N–H and O–H groups in total. The molecule has 1 rings (SSSR count). The fourth-order valence-corrected chi connectivity index (χ4v) is 1.34. The van der Waals surface area contributed by atoms with Crippen LogP contribution in [0.15, 0.2) is 6.07 Å². The van der Waals surface area contributed by atoms with Crippen molar-refractivity contribution in [3.63, 3.8) is 0 Å². The first-order valence-electron chi connectivity index (χ1n) is 5.72. The number of anilines is 1. The maximum atomic E-state index is 11.5. The van der Waals surface area contributed by atoms with E-state index in [2.05, 4.69) is 15.3 Å². The summed E-state index contributed by atoms with van der Waals surface area (Å²) in [6, 6.07) is 1.57. The summed E-state index contributed by atoms with van der Waals surface area (Å²) in [7, 11) is 4.36. The van der Waals surface area contributed by atoms with Gasteiger partial charge in [0.2, 0.25) is 17.7 Å². The molecule has 0 spiro atoms. The van der Waals surface area contributed by atoms with Crippen molar-refractivity contribution in [1.82, 2.24) is 9.97 Å². The first-order chi connectivity index (χ1) is 8.92. The molecule has 0 atom stereocenters. The van der Waals surface area contributed by atoms with Gasteiger partial charge in [-0.2, -0.15) is 9.97 Å². The highest BCUT2D eigenvalue weighted by atomic mass is 16.5. The van der Waals surface area contributed by atoms with Gasteiger partial charge in [0.25, 0.3) is 0 Å². The lowest BCUT2D eigenvalue weighted by molar-refractivity contribution is -0.149. The van der Waals surface area contributed by atoms with Gasteiger partial charge in [-0.05, 0) is 13.8 Å². The highest BCUT2D eigenvalue weighted by molar-refractivity contribution is 5.76. The van der Waals surface area contributed by atoms with Gasteiger partial charge in [0.15, 0.2) is 0 Å². The second-order valence-corrected chi connectivity index (χ2v) is 4.51. The molecule has 0 aromatic carbocycles. The standard InChI is InChI=1S/C12H19N3O4/c1-12(2,10(16)19-5)7-13-11-14-8(17-3)6-9(15-11)18-4/h6H,7H2,1-5H3,(H,13,14,15). The number of aromatic nitrogens is 2. The lowest BCUT2D eigenvalue weighted by Crippen LogP contribution is -2.33. The van der Waals surface area contributed by atoms with Crippen LogP contribution in [0.1, 0.15) is 13.8 Å². The Kier molecular flexibility index (Phi) is 4.91. The Morgan fingerprint density at radius 3 is 2.16 bits per heavy atom. The highest BCUT2D eigenvalue weighted by Gasteiger charge is 2.28. The second-order valence-electron chi connectivity index (χ2n) is 4.51. The molecule has 0 bridgehead atoms. The number of carbonyl (C=O) groups excluding carboxylic acids is 1. The summed E-state index contributed by atoms with van der Waals surface area (Å²) < 4.78 is 14.8. The third-order valence-electron chi connectivity index (χ3n) is 2.52. The zero-order chi connectivity index (χ0) is 14.5. The third-order valence-corrected chi connectivity index (χ3v) is 2.52. The summed E-state index contributed by atoms with van der Waals surface area (Å²) in [6.07, 6.45) is 0. The number of nitrogens with one attached hydrogen (secondary N) is 1. The van der Waals surface area contributed by atoms with Gasteiger partial charge in [0.05, 0.1) is 32.8 Å². The zero-order valence-corrected chi connectivity index (χ0v) is 11.8. The van der Waals surface area contributed by atoms with Crippen LogP contribution in [0.25, 0.3) is 0 Å². The lowest BCUT2D eigenvalue weighted by Gasteiger charge is -2.21. The first-order valence-corrected chi connectivity index (χ1v) is 5.72. The summed E-state index contributed by atoms with van der Waals surface area (Å²) in [5, 5.41) is 2.97. The summed E-state index contributed by atoms with van der Waals surface area (Å²) >= 11 is 0. The Morgan fingerprint density at radius 1 is 1.21 bits per heavy atom. The molecule has 0 fully saturated rings. The molecule has 0 saturated heterocycles. The number of rotatable bonds is 6. The van der Waals surface area contributed by atoms with Crippen LogP contribution >= 0.6 is 0 Å². The molecule has 1 aromatic rings. The number of nitrogens with zero attached hydrogens (tertiary/aromatic N) is 2. The number of carbonyl (C=O) groups is 1. The summed E-state index contributed by atoms with van der Waals surface area (Å²) in [5.41, 5.74) is -0.686. The molecular formula is C12H19N3O4. The van der Waals surface area contributed by atoms with E-state index in [0.29, 0.717) is 24.3 Å². The maximum absolute atomic E-state index is 11.5. The molecule has 19 heavy (non-hydrogen) atoms. The van der Waals surface area contributed by atoms with E-state index in [-0.39, 0.29) is 5.97 Å². The third kappa shape index (κ3) is 3.97. The molecule has 7 nitrogen and oxygen atoms in total. The smallest absolute Gasteiger partial charge is 0.313 e. The van der Waals surface area contributed by atoms with E-state index in [1.165, 1.54) is 21.3 Å². The molecule has 0 radical (unpaired) electrons. The molecule has 0 aliphatic heterocycles. The predicted molar refractivity (Wildman–Crippen MR) is 69.4 cm³/mol. The fraction of sp³-hybridized carbons (Fsp3) is 0.583. The van der Waals surface area contributed by atoms with Crippen LogP contribution < -0.4 is 14.8 Å². The van der Waals surface area contributed by atoms with Gasteiger partial charge in [-0.25, -0.2) is 0 Å². The van der Waals surface area contributed by atoms with Crippen molar-refractivity contribution in [2.75, 3.05) is 33.2 Å².